The molecular formula is C16H24N2O4. The summed E-state index contributed by atoms with van der Waals surface area (Å²) in [6.45, 7) is 6.04. The van der Waals surface area contributed by atoms with E-state index < -0.39 is 11.7 Å². The monoisotopic (exact) mass is 308 g/mol. The molecule has 0 radical (unpaired) electrons. The molecule has 6 nitrogen and oxygen atoms in total. The SMILES string of the molecule is CC(C)(C)OC(=O)NCCNC(=O)CCc1ccc(O)cc1. The average molecular weight is 308 g/mol. The molecule has 0 saturated carbocycles. The molecule has 0 bridgehead atoms. The Labute approximate surface area is 130 Å². The van der Waals surface area contributed by atoms with Gasteiger partial charge >= 0.3 is 6.09 Å². The van der Waals surface area contributed by atoms with Gasteiger partial charge in [-0.15, -0.1) is 0 Å². The van der Waals surface area contributed by atoms with Crippen LogP contribution in [0.5, 0.6) is 5.75 Å². The maximum Gasteiger partial charge on any atom is 0.407 e. The Kier molecular flexibility index (Phi) is 6.69. The number of amides is 2. The lowest BCUT2D eigenvalue weighted by Gasteiger charge is -2.19. The lowest BCUT2D eigenvalue weighted by Crippen LogP contribution is -2.37. The van der Waals surface area contributed by atoms with E-state index in [1.165, 1.54) is 0 Å². The van der Waals surface area contributed by atoms with Gasteiger partial charge in [-0.3, -0.25) is 4.79 Å². The Hall–Kier alpha value is -2.24. The lowest BCUT2D eigenvalue weighted by atomic mass is 10.1. The summed E-state index contributed by atoms with van der Waals surface area (Å²) in [6.07, 6.45) is 0.467. The largest absolute Gasteiger partial charge is 0.508 e. The fourth-order valence-electron chi connectivity index (χ4n) is 1.69. The second kappa shape index (κ2) is 8.26. The molecule has 3 N–H and O–H groups in total. The van der Waals surface area contributed by atoms with Crippen molar-refractivity contribution in [1.82, 2.24) is 10.6 Å². The number of benzene rings is 1. The van der Waals surface area contributed by atoms with Crippen molar-refractivity contribution in [2.45, 2.75) is 39.2 Å². The van der Waals surface area contributed by atoms with Crippen LogP contribution in [0.1, 0.15) is 32.8 Å². The van der Waals surface area contributed by atoms with Crippen molar-refractivity contribution in [3.8, 4) is 5.75 Å². The summed E-state index contributed by atoms with van der Waals surface area (Å²) >= 11 is 0. The highest BCUT2D eigenvalue weighted by Crippen LogP contribution is 2.11. The number of carbonyl (C=O) groups excluding carboxylic acids is 2. The van der Waals surface area contributed by atoms with Crippen LogP contribution in [-0.2, 0) is 16.0 Å². The fourth-order valence-corrected chi connectivity index (χ4v) is 1.69. The predicted molar refractivity (Wildman–Crippen MR) is 83.7 cm³/mol. The highest BCUT2D eigenvalue weighted by atomic mass is 16.6. The molecule has 1 aromatic carbocycles. The van der Waals surface area contributed by atoms with Crippen LogP contribution in [0.15, 0.2) is 24.3 Å². The van der Waals surface area contributed by atoms with Gasteiger partial charge in [-0.25, -0.2) is 4.79 Å². The van der Waals surface area contributed by atoms with Crippen molar-refractivity contribution in [2.75, 3.05) is 13.1 Å². The third kappa shape index (κ3) is 8.14. The van der Waals surface area contributed by atoms with E-state index in [1.807, 2.05) is 0 Å². The van der Waals surface area contributed by atoms with Crippen molar-refractivity contribution in [2.24, 2.45) is 0 Å². The molecule has 2 amide bonds. The Balaban J connectivity index is 2.13. The average Bonchev–Trinajstić information content (AvgIpc) is 2.41. The topological polar surface area (TPSA) is 87.7 Å². The van der Waals surface area contributed by atoms with Crippen LogP contribution >= 0.6 is 0 Å². The number of hydrogen-bond donors (Lipinski definition) is 3. The minimum absolute atomic E-state index is 0.0842. The molecule has 0 unspecified atom stereocenters. The summed E-state index contributed by atoms with van der Waals surface area (Å²) in [5, 5.41) is 14.5. The van der Waals surface area contributed by atoms with Crippen LogP contribution in [-0.4, -0.2) is 35.8 Å². The van der Waals surface area contributed by atoms with Crippen molar-refractivity contribution >= 4 is 12.0 Å². The first-order valence-electron chi connectivity index (χ1n) is 7.28. The standard InChI is InChI=1S/C16H24N2O4/c1-16(2,3)22-15(21)18-11-10-17-14(20)9-6-12-4-7-13(19)8-5-12/h4-5,7-8,19H,6,9-11H2,1-3H3,(H,17,20)(H,18,21). The van der Waals surface area contributed by atoms with Gasteiger partial charge in [0.2, 0.25) is 5.91 Å². The number of nitrogens with one attached hydrogen (secondary N) is 2. The fraction of sp³-hybridized carbons (Fsp3) is 0.500. The number of phenolic OH excluding ortho intramolecular Hbond substituents is 1. The Morgan fingerprint density at radius 3 is 2.27 bits per heavy atom. The van der Waals surface area contributed by atoms with E-state index in [1.54, 1.807) is 45.0 Å². The van der Waals surface area contributed by atoms with E-state index in [0.29, 0.717) is 25.9 Å². The maximum atomic E-state index is 11.7. The van der Waals surface area contributed by atoms with Crippen LogP contribution in [0.4, 0.5) is 4.79 Å². The molecule has 6 heteroatoms. The van der Waals surface area contributed by atoms with Crippen LogP contribution in [0.2, 0.25) is 0 Å². The van der Waals surface area contributed by atoms with E-state index in [9.17, 15) is 9.59 Å². The molecule has 122 valence electrons. The maximum absolute atomic E-state index is 11.7. The number of phenols is 1. The van der Waals surface area contributed by atoms with Crippen LogP contribution in [0, 0.1) is 0 Å². The summed E-state index contributed by atoms with van der Waals surface area (Å²) in [4.78, 5) is 23.0. The number of aromatic hydroxyl groups is 1. The number of hydrogen-bond acceptors (Lipinski definition) is 4. The van der Waals surface area contributed by atoms with Gasteiger partial charge in [0, 0.05) is 19.5 Å². The van der Waals surface area contributed by atoms with Gasteiger partial charge in [0.1, 0.15) is 11.4 Å². The first-order chi connectivity index (χ1) is 10.3. The Morgan fingerprint density at radius 1 is 1.09 bits per heavy atom. The van der Waals surface area contributed by atoms with Gasteiger partial charge in [-0.1, -0.05) is 12.1 Å². The quantitative estimate of drug-likeness (QED) is 0.701. The summed E-state index contributed by atoms with van der Waals surface area (Å²) in [6, 6.07) is 6.76. The minimum atomic E-state index is -0.530. The summed E-state index contributed by atoms with van der Waals surface area (Å²) < 4.78 is 5.08. The highest BCUT2D eigenvalue weighted by Gasteiger charge is 2.15. The van der Waals surface area contributed by atoms with Gasteiger partial charge in [-0.05, 0) is 44.9 Å². The van der Waals surface area contributed by atoms with Crippen LogP contribution in [0.3, 0.4) is 0 Å². The van der Waals surface area contributed by atoms with Gasteiger partial charge in [0.05, 0.1) is 0 Å². The molecule has 0 aliphatic rings. The van der Waals surface area contributed by atoms with Crippen molar-refractivity contribution in [3.63, 3.8) is 0 Å². The molecule has 0 aromatic heterocycles. The Bertz CT molecular complexity index is 492. The normalized spacial score (nSPS) is 10.9. The molecule has 0 atom stereocenters. The molecular weight excluding hydrogens is 284 g/mol. The van der Waals surface area contributed by atoms with E-state index in [0.717, 1.165) is 5.56 Å². The van der Waals surface area contributed by atoms with E-state index >= 15 is 0 Å². The van der Waals surface area contributed by atoms with Crippen molar-refractivity contribution in [1.29, 1.82) is 0 Å². The molecule has 1 aromatic rings. The third-order valence-electron chi connectivity index (χ3n) is 2.69. The number of alkyl carbamates (subject to hydrolysis) is 1. The van der Waals surface area contributed by atoms with Gasteiger partial charge in [0.25, 0.3) is 0 Å². The lowest BCUT2D eigenvalue weighted by molar-refractivity contribution is -0.121. The number of carbonyl (C=O) groups is 2. The zero-order valence-corrected chi connectivity index (χ0v) is 13.3. The smallest absolute Gasteiger partial charge is 0.407 e. The second-order valence-electron chi connectivity index (χ2n) is 5.95. The predicted octanol–water partition coefficient (Wildman–Crippen LogP) is 1.97. The summed E-state index contributed by atoms with van der Waals surface area (Å²) in [5.74, 6) is 0.125. The number of ether oxygens (including phenoxy) is 1. The molecule has 1 rings (SSSR count). The first kappa shape index (κ1) is 17.8. The first-order valence-corrected chi connectivity index (χ1v) is 7.28. The second-order valence-corrected chi connectivity index (χ2v) is 5.95. The zero-order valence-electron chi connectivity index (χ0n) is 13.3. The van der Waals surface area contributed by atoms with E-state index in [2.05, 4.69) is 10.6 Å². The zero-order chi connectivity index (χ0) is 16.6. The van der Waals surface area contributed by atoms with Gasteiger partial charge in [0.15, 0.2) is 0 Å². The number of aryl methyl sites for hydroxylation is 1. The molecule has 0 spiro atoms. The Morgan fingerprint density at radius 2 is 1.68 bits per heavy atom. The van der Waals surface area contributed by atoms with E-state index in [4.69, 9.17) is 9.84 Å². The molecule has 0 heterocycles. The number of rotatable bonds is 6. The van der Waals surface area contributed by atoms with Crippen molar-refractivity contribution in [3.05, 3.63) is 29.8 Å². The summed E-state index contributed by atoms with van der Waals surface area (Å²) in [7, 11) is 0. The summed E-state index contributed by atoms with van der Waals surface area (Å²) in [5.41, 5.74) is 0.456. The highest BCUT2D eigenvalue weighted by molar-refractivity contribution is 5.76. The van der Waals surface area contributed by atoms with Crippen molar-refractivity contribution < 1.29 is 19.4 Å². The minimum Gasteiger partial charge on any atom is -0.508 e. The third-order valence-corrected chi connectivity index (χ3v) is 2.69. The molecule has 0 fully saturated rings. The molecule has 0 aliphatic heterocycles. The van der Waals surface area contributed by atoms with E-state index in [-0.39, 0.29) is 11.7 Å². The van der Waals surface area contributed by atoms with Crippen LogP contribution in [0.25, 0.3) is 0 Å². The molecule has 0 aliphatic carbocycles. The molecule has 0 saturated heterocycles. The van der Waals surface area contributed by atoms with Gasteiger partial charge in [-0.2, -0.15) is 0 Å². The van der Waals surface area contributed by atoms with Gasteiger partial charge < -0.3 is 20.5 Å². The molecule has 22 heavy (non-hydrogen) atoms. The van der Waals surface area contributed by atoms with Crippen LogP contribution < -0.4 is 10.6 Å².